The molecule has 0 spiro atoms. The highest BCUT2D eigenvalue weighted by molar-refractivity contribution is 6.31. The van der Waals surface area contributed by atoms with Crippen LogP contribution in [-0.4, -0.2) is 29.6 Å². The Kier molecular flexibility index (Phi) is 5.50. The number of hydrogen-bond donors (Lipinski definition) is 2. The molecule has 0 saturated heterocycles. The van der Waals surface area contributed by atoms with Crippen LogP contribution in [0.25, 0.3) is 27.5 Å². The van der Waals surface area contributed by atoms with E-state index >= 15 is 0 Å². The van der Waals surface area contributed by atoms with Crippen LogP contribution in [0.2, 0.25) is 10.0 Å². The molecule has 0 saturated carbocycles. The van der Waals surface area contributed by atoms with Crippen molar-refractivity contribution in [1.82, 2.24) is 29.9 Å². The van der Waals surface area contributed by atoms with E-state index in [9.17, 15) is 5.21 Å². The zero-order chi connectivity index (χ0) is 24.9. The molecule has 1 unspecified atom stereocenters. The van der Waals surface area contributed by atoms with Gasteiger partial charge in [-0.15, -0.1) is 5.10 Å². The summed E-state index contributed by atoms with van der Waals surface area (Å²) in [6.45, 7) is 0. The van der Waals surface area contributed by atoms with Crippen molar-refractivity contribution in [3.05, 3.63) is 118 Å². The number of aryl methyl sites for hydroxylation is 1. The van der Waals surface area contributed by atoms with Gasteiger partial charge in [0.25, 0.3) is 0 Å². The van der Waals surface area contributed by atoms with Gasteiger partial charge in [-0.3, -0.25) is 0 Å². The van der Waals surface area contributed by atoms with Crippen LogP contribution in [0.4, 0.5) is 0 Å². The van der Waals surface area contributed by atoms with Crippen molar-refractivity contribution >= 4 is 39.6 Å². The third kappa shape index (κ3) is 3.48. The zero-order valence-corrected chi connectivity index (χ0v) is 20.6. The van der Waals surface area contributed by atoms with Crippen molar-refractivity contribution in [1.29, 1.82) is 0 Å². The lowest BCUT2D eigenvalue weighted by Gasteiger charge is -2.34. The molecule has 9 heteroatoms. The van der Waals surface area contributed by atoms with Crippen molar-refractivity contribution in [3.8, 4) is 11.1 Å². The molecule has 2 N–H and O–H groups in total. The second-order valence-corrected chi connectivity index (χ2v) is 9.50. The Morgan fingerprint density at radius 1 is 0.889 bits per heavy atom. The molecular formula is C27H20Cl2N6O. The Labute approximate surface area is 216 Å². The van der Waals surface area contributed by atoms with Gasteiger partial charge < -0.3 is 9.77 Å². The number of nitrogens with zero attached hydrogens (tertiary/aromatic N) is 5. The highest BCUT2D eigenvalue weighted by Crippen LogP contribution is 2.40. The van der Waals surface area contributed by atoms with Crippen LogP contribution < -0.4 is 5.48 Å². The predicted octanol–water partition coefficient (Wildman–Crippen LogP) is 5.86. The average Bonchev–Trinajstić information content (AvgIpc) is 3.55. The van der Waals surface area contributed by atoms with Gasteiger partial charge in [-0.05, 0) is 64.7 Å². The van der Waals surface area contributed by atoms with E-state index in [4.69, 9.17) is 23.2 Å². The van der Waals surface area contributed by atoms with Crippen molar-refractivity contribution in [3.63, 3.8) is 0 Å². The maximum Gasteiger partial charge on any atom is 0.134 e. The van der Waals surface area contributed by atoms with Gasteiger partial charge in [-0.1, -0.05) is 58.7 Å². The molecule has 0 aliphatic carbocycles. The van der Waals surface area contributed by atoms with Crippen LogP contribution in [0.5, 0.6) is 0 Å². The molecule has 3 aromatic heterocycles. The molecule has 178 valence electrons. The monoisotopic (exact) mass is 514 g/mol. The number of pyridine rings is 1. The minimum absolute atomic E-state index is 0.603. The summed E-state index contributed by atoms with van der Waals surface area (Å²) in [6, 6.07) is 23.2. The summed E-state index contributed by atoms with van der Waals surface area (Å²) >= 11 is 12.6. The SMILES string of the molecule is Cn1cncc1C(NO)(c1ccc(Cl)cc1)c1ccc2c(c1)c(-c1cccc(Cl)c1)cc1cnnn12. The molecule has 0 bridgehead atoms. The number of nitrogens with one attached hydrogen (secondary N) is 1. The van der Waals surface area contributed by atoms with E-state index in [1.807, 2.05) is 66.2 Å². The number of imidazole rings is 1. The lowest BCUT2D eigenvalue weighted by molar-refractivity contribution is 0.0995. The summed E-state index contributed by atoms with van der Waals surface area (Å²) < 4.78 is 3.67. The molecule has 0 amide bonds. The zero-order valence-electron chi connectivity index (χ0n) is 19.1. The minimum atomic E-state index is -1.13. The fraction of sp³-hybridized carbons (Fsp3) is 0.0741. The molecule has 0 aliphatic rings. The van der Waals surface area contributed by atoms with Crippen LogP contribution in [0.1, 0.15) is 16.8 Å². The molecule has 0 radical (unpaired) electrons. The maximum absolute atomic E-state index is 10.8. The molecule has 3 aromatic carbocycles. The van der Waals surface area contributed by atoms with Crippen molar-refractivity contribution in [2.45, 2.75) is 5.54 Å². The number of rotatable bonds is 5. The molecule has 0 aliphatic heterocycles. The van der Waals surface area contributed by atoms with E-state index in [1.165, 1.54) is 0 Å². The molecule has 6 rings (SSSR count). The normalized spacial score (nSPS) is 13.3. The first kappa shape index (κ1) is 22.7. The lowest BCUT2D eigenvalue weighted by atomic mass is 9.80. The van der Waals surface area contributed by atoms with Crippen molar-refractivity contribution in [2.75, 3.05) is 0 Å². The van der Waals surface area contributed by atoms with E-state index in [1.54, 1.807) is 35.4 Å². The smallest absolute Gasteiger partial charge is 0.134 e. The van der Waals surface area contributed by atoms with Gasteiger partial charge in [0.15, 0.2) is 0 Å². The fourth-order valence-corrected chi connectivity index (χ4v) is 5.20. The van der Waals surface area contributed by atoms with Crippen molar-refractivity contribution in [2.24, 2.45) is 7.05 Å². The van der Waals surface area contributed by atoms with Crippen molar-refractivity contribution < 1.29 is 5.21 Å². The first-order valence-corrected chi connectivity index (χ1v) is 11.9. The maximum atomic E-state index is 10.8. The second kappa shape index (κ2) is 8.72. The largest absolute Gasteiger partial charge is 0.335 e. The highest BCUT2D eigenvalue weighted by Gasteiger charge is 2.39. The minimum Gasteiger partial charge on any atom is -0.335 e. The van der Waals surface area contributed by atoms with E-state index in [-0.39, 0.29) is 0 Å². The Bertz CT molecular complexity index is 1730. The topological polar surface area (TPSA) is 80.3 Å². The number of hydrogen-bond acceptors (Lipinski definition) is 5. The summed E-state index contributed by atoms with van der Waals surface area (Å²) in [5.74, 6) is 0. The van der Waals surface area contributed by atoms with E-state index in [2.05, 4.69) is 26.8 Å². The van der Waals surface area contributed by atoms with E-state index in [0.29, 0.717) is 10.0 Å². The van der Waals surface area contributed by atoms with Gasteiger partial charge in [0.05, 0.1) is 35.4 Å². The van der Waals surface area contributed by atoms with Gasteiger partial charge in [-0.25, -0.2) is 9.50 Å². The summed E-state index contributed by atoms with van der Waals surface area (Å²) in [5.41, 5.74) is 7.49. The van der Waals surface area contributed by atoms with Crippen LogP contribution in [-0.2, 0) is 12.6 Å². The Morgan fingerprint density at radius 3 is 2.42 bits per heavy atom. The molecule has 0 fully saturated rings. The first-order chi connectivity index (χ1) is 17.5. The molecule has 36 heavy (non-hydrogen) atoms. The molecule has 1 atom stereocenters. The van der Waals surface area contributed by atoms with Crippen LogP contribution in [0.15, 0.2) is 91.5 Å². The lowest BCUT2D eigenvalue weighted by Crippen LogP contribution is -2.44. The van der Waals surface area contributed by atoms with Gasteiger partial charge in [0.2, 0.25) is 0 Å². The van der Waals surface area contributed by atoms with Gasteiger partial charge >= 0.3 is 0 Å². The van der Waals surface area contributed by atoms with Gasteiger partial charge in [-0.2, -0.15) is 5.48 Å². The van der Waals surface area contributed by atoms with Crippen LogP contribution in [0.3, 0.4) is 0 Å². The molecule has 7 nitrogen and oxygen atoms in total. The summed E-state index contributed by atoms with van der Waals surface area (Å²) in [5, 5.41) is 21.4. The Morgan fingerprint density at radius 2 is 1.69 bits per heavy atom. The number of aromatic nitrogens is 5. The van der Waals surface area contributed by atoms with Crippen LogP contribution >= 0.6 is 23.2 Å². The van der Waals surface area contributed by atoms with Gasteiger partial charge in [0.1, 0.15) is 5.54 Å². The third-order valence-corrected chi connectivity index (χ3v) is 7.08. The van der Waals surface area contributed by atoms with E-state index < -0.39 is 5.54 Å². The van der Waals surface area contributed by atoms with Crippen LogP contribution in [0, 0.1) is 0 Å². The highest BCUT2D eigenvalue weighted by atomic mass is 35.5. The van der Waals surface area contributed by atoms with E-state index in [0.717, 1.165) is 44.4 Å². The first-order valence-electron chi connectivity index (χ1n) is 11.2. The molecule has 6 aromatic rings. The number of benzene rings is 3. The summed E-state index contributed by atoms with van der Waals surface area (Å²) in [6.07, 6.45) is 5.17. The Hall–Kier alpha value is -3.75. The molecular weight excluding hydrogens is 495 g/mol. The number of fused-ring (bicyclic) bond motifs is 3. The average molecular weight is 515 g/mol. The fourth-order valence-electron chi connectivity index (χ4n) is 4.89. The summed E-state index contributed by atoms with van der Waals surface area (Å²) in [7, 11) is 1.89. The predicted molar refractivity (Wildman–Crippen MR) is 140 cm³/mol. The quantitative estimate of drug-likeness (QED) is 0.281. The van der Waals surface area contributed by atoms with Gasteiger partial charge in [0, 0.05) is 22.5 Å². The Balaban J connectivity index is 1.70. The second-order valence-electron chi connectivity index (χ2n) is 8.63. The molecule has 3 heterocycles. The summed E-state index contributed by atoms with van der Waals surface area (Å²) in [4.78, 5) is 4.32. The number of hydroxylamine groups is 1. The standard InChI is InChI=1S/C27H20Cl2N6O/c1-34-16-30-15-26(34)27(32-36,18-5-8-20(28)9-6-18)19-7-10-25-24(12-19)23(13-22-14-31-33-35(22)25)17-3-2-4-21(29)11-17/h2-16,32,36H,1H3. The third-order valence-electron chi connectivity index (χ3n) is 6.60. The number of halogens is 2.